The number of benzene rings is 1. The second-order valence-electron chi connectivity index (χ2n) is 4.39. The average molecular weight is 299 g/mol. The Bertz CT molecular complexity index is 437. The van der Waals surface area contributed by atoms with E-state index in [1.54, 1.807) is 6.07 Å². The third-order valence-corrected chi connectivity index (χ3v) is 3.62. The molecule has 0 saturated carbocycles. The minimum Gasteiger partial charge on any atom is -0.478 e. The number of halogens is 1. The zero-order valence-electron chi connectivity index (χ0n) is 9.61. The quantitative estimate of drug-likeness (QED) is 0.899. The molecule has 5 heteroatoms. The Morgan fingerprint density at radius 2 is 2.35 bits per heavy atom. The van der Waals surface area contributed by atoms with Gasteiger partial charge in [0.2, 0.25) is 0 Å². The Labute approximate surface area is 109 Å². The van der Waals surface area contributed by atoms with Gasteiger partial charge < -0.3 is 15.3 Å². The summed E-state index contributed by atoms with van der Waals surface area (Å²) in [6.07, 6.45) is 1.12. The highest BCUT2D eigenvalue weighted by Gasteiger charge is 2.19. The predicted octanol–water partition coefficient (Wildman–Crippen LogP) is 2.26. The fraction of sp³-hybridized carbons (Fsp3) is 0.417. The first-order valence-electron chi connectivity index (χ1n) is 5.54. The van der Waals surface area contributed by atoms with Gasteiger partial charge in [-0.25, -0.2) is 4.79 Å². The van der Waals surface area contributed by atoms with Crippen molar-refractivity contribution in [3.05, 3.63) is 28.2 Å². The smallest absolute Gasteiger partial charge is 0.336 e. The van der Waals surface area contributed by atoms with Gasteiger partial charge in [-0.15, -0.1) is 0 Å². The molecule has 1 aromatic rings. The number of anilines is 1. The summed E-state index contributed by atoms with van der Waals surface area (Å²) < 4.78 is 0.612. The van der Waals surface area contributed by atoms with Crippen LogP contribution in [0.4, 0.5) is 5.69 Å². The second-order valence-corrected chi connectivity index (χ2v) is 5.25. The Balaban J connectivity index is 2.07. The molecule has 92 valence electrons. The van der Waals surface area contributed by atoms with E-state index in [-0.39, 0.29) is 0 Å². The molecule has 4 nitrogen and oxygen atoms in total. The zero-order valence-corrected chi connectivity index (χ0v) is 11.2. The summed E-state index contributed by atoms with van der Waals surface area (Å²) in [7, 11) is 2.10. The summed E-state index contributed by atoms with van der Waals surface area (Å²) in [4.78, 5) is 13.1. The number of carboxylic acid groups (broad SMARTS) is 1. The van der Waals surface area contributed by atoms with Gasteiger partial charge in [0.05, 0.1) is 5.56 Å². The van der Waals surface area contributed by atoms with Crippen LogP contribution in [0.5, 0.6) is 0 Å². The predicted molar refractivity (Wildman–Crippen MR) is 70.6 cm³/mol. The van der Waals surface area contributed by atoms with Crippen LogP contribution < -0.4 is 5.32 Å². The van der Waals surface area contributed by atoms with Crippen molar-refractivity contribution in [2.24, 2.45) is 0 Å². The van der Waals surface area contributed by atoms with E-state index >= 15 is 0 Å². The Morgan fingerprint density at radius 1 is 1.59 bits per heavy atom. The van der Waals surface area contributed by atoms with Crippen molar-refractivity contribution in [1.29, 1.82) is 0 Å². The Kier molecular flexibility index (Phi) is 3.69. The van der Waals surface area contributed by atoms with Gasteiger partial charge in [0.1, 0.15) is 0 Å². The van der Waals surface area contributed by atoms with Crippen LogP contribution in [0.15, 0.2) is 22.7 Å². The molecule has 2 rings (SSSR count). The molecule has 1 atom stereocenters. The molecule has 1 aliphatic rings. The normalized spacial score (nSPS) is 20.5. The van der Waals surface area contributed by atoms with Crippen LogP contribution in [0.3, 0.4) is 0 Å². The van der Waals surface area contributed by atoms with Crippen LogP contribution in [0.2, 0.25) is 0 Å². The van der Waals surface area contributed by atoms with Gasteiger partial charge in [-0.3, -0.25) is 0 Å². The molecule has 2 N–H and O–H groups in total. The first-order chi connectivity index (χ1) is 8.06. The van der Waals surface area contributed by atoms with E-state index < -0.39 is 5.97 Å². The van der Waals surface area contributed by atoms with Crippen LogP contribution >= 0.6 is 15.9 Å². The lowest BCUT2D eigenvalue weighted by Gasteiger charge is -2.14. The highest BCUT2D eigenvalue weighted by atomic mass is 79.9. The van der Waals surface area contributed by atoms with Crippen LogP contribution in [0.1, 0.15) is 16.8 Å². The topological polar surface area (TPSA) is 52.6 Å². The molecule has 0 radical (unpaired) electrons. The van der Waals surface area contributed by atoms with Crippen LogP contribution in [-0.4, -0.2) is 42.2 Å². The zero-order chi connectivity index (χ0) is 12.4. The van der Waals surface area contributed by atoms with E-state index in [2.05, 4.69) is 33.2 Å². The van der Waals surface area contributed by atoms with Crippen LogP contribution in [0, 0.1) is 0 Å². The first kappa shape index (κ1) is 12.4. The van der Waals surface area contributed by atoms with E-state index in [4.69, 9.17) is 5.11 Å². The van der Waals surface area contributed by atoms with Crippen molar-refractivity contribution in [1.82, 2.24) is 4.90 Å². The van der Waals surface area contributed by atoms with Gasteiger partial charge in [-0.1, -0.05) is 0 Å². The number of aromatic carboxylic acids is 1. The number of likely N-dealkylation sites (N-methyl/N-ethyl adjacent to an activating group) is 1. The summed E-state index contributed by atoms with van der Waals surface area (Å²) >= 11 is 3.28. The first-order valence-corrected chi connectivity index (χ1v) is 6.33. The number of hydrogen-bond acceptors (Lipinski definition) is 3. The standard InChI is InChI=1S/C12H15BrN2O2/c1-15-5-4-9(7-15)14-8-2-3-10(12(16)17)11(13)6-8/h2-3,6,9,14H,4-5,7H2,1H3,(H,16,17). The van der Waals surface area contributed by atoms with Crippen LogP contribution in [0.25, 0.3) is 0 Å². The molecule has 0 aliphatic carbocycles. The fourth-order valence-corrected chi connectivity index (χ4v) is 2.62. The second kappa shape index (κ2) is 5.06. The van der Waals surface area contributed by atoms with Crippen LogP contribution in [-0.2, 0) is 0 Å². The third kappa shape index (κ3) is 2.98. The third-order valence-electron chi connectivity index (χ3n) is 2.96. The molecule has 1 saturated heterocycles. The molecule has 1 heterocycles. The van der Waals surface area contributed by atoms with Gasteiger partial charge in [0, 0.05) is 22.7 Å². The van der Waals surface area contributed by atoms with Gasteiger partial charge in [-0.05, 0) is 54.1 Å². The Morgan fingerprint density at radius 3 is 2.88 bits per heavy atom. The number of hydrogen-bond donors (Lipinski definition) is 2. The van der Waals surface area contributed by atoms with Crippen molar-refractivity contribution in [2.75, 3.05) is 25.5 Å². The summed E-state index contributed by atoms with van der Waals surface area (Å²) in [5.41, 5.74) is 1.25. The number of likely N-dealkylation sites (tertiary alicyclic amines) is 1. The van der Waals surface area contributed by atoms with Crippen molar-refractivity contribution >= 4 is 27.6 Å². The van der Waals surface area contributed by atoms with E-state index in [1.807, 2.05) is 12.1 Å². The van der Waals surface area contributed by atoms with E-state index in [0.29, 0.717) is 16.1 Å². The summed E-state index contributed by atoms with van der Waals surface area (Å²) in [5, 5.41) is 12.3. The molecule has 1 unspecified atom stereocenters. The van der Waals surface area contributed by atoms with E-state index in [0.717, 1.165) is 25.2 Å². The minimum atomic E-state index is -0.913. The lowest BCUT2D eigenvalue weighted by molar-refractivity contribution is 0.0696. The maximum atomic E-state index is 10.9. The monoisotopic (exact) mass is 298 g/mol. The molecule has 1 aromatic carbocycles. The fourth-order valence-electron chi connectivity index (χ4n) is 2.07. The summed E-state index contributed by atoms with van der Waals surface area (Å²) in [6.45, 7) is 2.13. The summed E-state index contributed by atoms with van der Waals surface area (Å²) in [6, 6.07) is 5.70. The number of nitrogens with one attached hydrogen (secondary N) is 1. The molecule has 0 aromatic heterocycles. The largest absolute Gasteiger partial charge is 0.478 e. The maximum absolute atomic E-state index is 10.9. The van der Waals surface area contributed by atoms with E-state index in [9.17, 15) is 4.79 Å². The Hall–Kier alpha value is -1.07. The number of carbonyl (C=O) groups is 1. The van der Waals surface area contributed by atoms with Gasteiger partial charge in [0.15, 0.2) is 0 Å². The van der Waals surface area contributed by atoms with Gasteiger partial charge >= 0.3 is 5.97 Å². The van der Waals surface area contributed by atoms with Gasteiger partial charge in [-0.2, -0.15) is 0 Å². The molecular formula is C12H15BrN2O2. The average Bonchev–Trinajstić information content (AvgIpc) is 2.63. The molecule has 0 bridgehead atoms. The molecule has 0 spiro atoms. The highest BCUT2D eigenvalue weighted by Crippen LogP contribution is 2.23. The van der Waals surface area contributed by atoms with Crippen molar-refractivity contribution in [2.45, 2.75) is 12.5 Å². The maximum Gasteiger partial charge on any atom is 0.336 e. The van der Waals surface area contributed by atoms with Crippen molar-refractivity contribution in [3.8, 4) is 0 Å². The number of rotatable bonds is 3. The van der Waals surface area contributed by atoms with Crippen molar-refractivity contribution in [3.63, 3.8) is 0 Å². The summed E-state index contributed by atoms with van der Waals surface area (Å²) in [5.74, 6) is -0.913. The number of nitrogens with zero attached hydrogens (tertiary/aromatic N) is 1. The SMILES string of the molecule is CN1CCC(Nc2ccc(C(=O)O)c(Br)c2)C1. The lowest BCUT2D eigenvalue weighted by Crippen LogP contribution is -2.23. The minimum absolute atomic E-state index is 0.291. The molecule has 1 fully saturated rings. The molecular weight excluding hydrogens is 284 g/mol. The molecule has 17 heavy (non-hydrogen) atoms. The molecule has 0 amide bonds. The number of carboxylic acids is 1. The highest BCUT2D eigenvalue weighted by molar-refractivity contribution is 9.10. The van der Waals surface area contributed by atoms with E-state index in [1.165, 1.54) is 0 Å². The molecule has 1 aliphatic heterocycles. The van der Waals surface area contributed by atoms with Crippen molar-refractivity contribution < 1.29 is 9.90 Å². The lowest BCUT2D eigenvalue weighted by atomic mass is 10.2. The van der Waals surface area contributed by atoms with Gasteiger partial charge in [0.25, 0.3) is 0 Å².